The maximum absolute atomic E-state index is 11.7. The van der Waals surface area contributed by atoms with Crippen LogP contribution in [-0.4, -0.2) is 45.1 Å². The third-order valence-corrected chi connectivity index (χ3v) is 5.52. The Morgan fingerprint density at radius 1 is 1.35 bits per heavy atom. The highest BCUT2D eigenvalue weighted by Gasteiger charge is 2.28. The Hall–Kier alpha value is -1.76. The number of rotatable bonds is 6. The van der Waals surface area contributed by atoms with Gasteiger partial charge in [-0.1, -0.05) is 32.0 Å². The van der Waals surface area contributed by atoms with Crippen LogP contribution in [0.1, 0.15) is 31.7 Å². The van der Waals surface area contributed by atoms with E-state index < -0.39 is 9.84 Å². The van der Waals surface area contributed by atoms with Gasteiger partial charge in [0.25, 0.3) is 0 Å². The molecular formula is C16H24N2O4S. The first-order valence-corrected chi connectivity index (χ1v) is 9.66. The molecule has 1 aromatic carbocycles. The Kier molecular flexibility index (Phi) is 5.87. The predicted octanol–water partition coefficient (Wildman–Crippen LogP) is 1.68. The lowest BCUT2D eigenvalue weighted by Crippen LogP contribution is -2.43. The van der Waals surface area contributed by atoms with Gasteiger partial charge in [0.2, 0.25) is 0 Å². The second-order valence-corrected chi connectivity index (χ2v) is 8.27. The van der Waals surface area contributed by atoms with E-state index in [0.717, 1.165) is 11.3 Å². The predicted molar refractivity (Wildman–Crippen MR) is 89.6 cm³/mol. The molecule has 0 unspecified atom stereocenters. The summed E-state index contributed by atoms with van der Waals surface area (Å²) in [5.74, 6) is 1.37. The van der Waals surface area contributed by atoms with Crippen molar-refractivity contribution in [1.29, 1.82) is 0 Å². The lowest BCUT2D eigenvalue weighted by molar-refractivity contribution is 0.233. The Labute approximate surface area is 137 Å². The number of carbonyl (C=O) groups excluding carboxylic acids is 1. The van der Waals surface area contributed by atoms with Gasteiger partial charge in [0.1, 0.15) is 12.4 Å². The van der Waals surface area contributed by atoms with Crippen LogP contribution in [0.25, 0.3) is 0 Å². The highest BCUT2D eigenvalue weighted by molar-refractivity contribution is 7.91. The van der Waals surface area contributed by atoms with Crippen molar-refractivity contribution in [2.75, 3.05) is 24.7 Å². The van der Waals surface area contributed by atoms with E-state index in [0.29, 0.717) is 25.5 Å². The molecule has 1 fully saturated rings. The van der Waals surface area contributed by atoms with E-state index in [1.165, 1.54) is 0 Å². The molecule has 2 amide bonds. The number of amides is 2. The Morgan fingerprint density at radius 2 is 2.09 bits per heavy atom. The van der Waals surface area contributed by atoms with Crippen LogP contribution < -0.4 is 15.4 Å². The second kappa shape index (κ2) is 7.68. The molecule has 0 saturated carbocycles. The number of ether oxygens (including phenoxy) is 1. The van der Waals surface area contributed by atoms with Gasteiger partial charge in [-0.3, -0.25) is 0 Å². The third kappa shape index (κ3) is 5.42. The van der Waals surface area contributed by atoms with Crippen LogP contribution in [0.15, 0.2) is 24.3 Å². The largest absolute Gasteiger partial charge is 0.491 e. The summed E-state index contributed by atoms with van der Waals surface area (Å²) < 4.78 is 28.4. The fraction of sp³-hybridized carbons (Fsp3) is 0.562. The van der Waals surface area contributed by atoms with Crippen molar-refractivity contribution in [1.82, 2.24) is 10.6 Å². The molecule has 1 aliphatic rings. The molecule has 0 aromatic heterocycles. The second-order valence-electron chi connectivity index (χ2n) is 6.04. The highest BCUT2D eigenvalue weighted by atomic mass is 32.2. The number of hydrogen-bond donors (Lipinski definition) is 2. The van der Waals surface area contributed by atoms with Crippen LogP contribution in [0.5, 0.6) is 5.75 Å². The SMILES string of the molecule is CC(C)c1ccccc1OCCNC(=O)N[C@H]1CCS(=O)(=O)C1. The molecular weight excluding hydrogens is 316 g/mol. The zero-order chi connectivity index (χ0) is 16.9. The molecule has 0 radical (unpaired) electrons. The third-order valence-electron chi connectivity index (χ3n) is 3.75. The first-order chi connectivity index (χ1) is 10.9. The van der Waals surface area contributed by atoms with Crippen molar-refractivity contribution in [3.63, 3.8) is 0 Å². The molecule has 1 saturated heterocycles. The lowest BCUT2D eigenvalue weighted by Gasteiger charge is -2.15. The van der Waals surface area contributed by atoms with Gasteiger partial charge in [0.05, 0.1) is 18.1 Å². The number of nitrogens with one attached hydrogen (secondary N) is 2. The zero-order valence-electron chi connectivity index (χ0n) is 13.5. The van der Waals surface area contributed by atoms with E-state index in [2.05, 4.69) is 24.5 Å². The maximum atomic E-state index is 11.7. The van der Waals surface area contributed by atoms with Gasteiger partial charge < -0.3 is 15.4 Å². The minimum absolute atomic E-state index is 0.0265. The van der Waals surface area contributed by atoms with Crippen LogP contribution in [0, 0.1) is 0 Å². The average Bonchev–Trinajstić information content (AvgIpc) is 2.82. The van der Waals surface area contributed by atoms with Crippen molar-refractivity contribution in [3.05, 3.63) is 29.8 Å². The molecule has 0 bridgehead atoms. The summed E-state index contributed by atoms with van der Waals surface area (Å²) in [5.41, 5.74) is 1.13. The molecule has 0 spiro atoms. The van der Waals surface area contributed by atoms with Crippen LogP contribution in [0.4, 0.5) is 4.79 Å². The maximum Gasteiger partial charge on any atom is 0.315 e. The fourth-order valence-corrected chi connectivity index (χ4v) is 4.23. The van der Waals surface area contributed by atoms with Gasteiger partial charge in [-0.15, -0.1) is 0 Å². The molecule has 128 valence electrons. The van der Waals surface area contributed by atoms with E-state index in [9.17, 15) is 13.2 Å². The molecule has 6 nitrogen and oxygen atoms in total. The van der Waals surface area contributed by atoms with Crippen molar-refractivity contribution < 1.29 is 17.9 Å². The molecule has 2 rings (SSSR count). The summed E-state index contributed by atoms with van der Waals surface area (Å²) in [4.78, 5) is 11.7. The van der Waals surface area contributed by atoms with E-state index in [1.807, 2.05) is 24.3 Å². The van der Waals surface area contributed by atoms with Crippen molar-refractivity contribution in [2.24, 2.45) is 0 Å². The molecule has 7 heteroatoms. The van der Waals surface area contributed by atoms with Gasteiger partial charge >= 0.3 is 6.03 Å². The number of carbonyl (C=O) groups is 1. The van der Waals surface area contributed by atoms with Crippen LogP contribution in [0.2, 0.25) is 0 Å². The molecule has 1 atom stereocenters. The molecule has 0 aliphatic carbocycles. The fourth-order valence-electron chi connectivity index (χ4n) is 2.56. The first-order valence-electron chi connectivity index (χ1n) is 7.84. The monoisotopic (exact) mass is 340 g/mol. The van der Waals surface area contributed by atoms with Crippen molar-refractivity contribution in [3.8, 4) is 5.75 Å². The van der Waals surface area contributed by atoms with Crippen molar-refractivity contribution in [2.45, 2.75) is 32.2 Å². The van der Waals surface area contributed by atoms with E-state index >= 15 is 0 Å². The summed E-state index contributed by atoms with van der Waals surface area (Å²) in [6.07, 6.45) is 0.480. The number of urea groups is 1. The molecule has 23 heavy (non-hydrogen) atoms. The lowest BCUT2D eigenvalue weighted by atomic mass is 10.0. The molecule has 1 aliphatic heterocycles. The van der Waals surface area contributed by atoms with Crippen LogP contribution in [-0.2, 0) is 9.84 Å². The average molecular weight is 340 g/mol. The summed E-state index contributed by atoms with van der Waals surface area (Å²) in [7, 11) is -2.98. The van der Waals surface area contributed by atoms with Gasteiger partial charge in [-0.2, -0.15) is 0 Å². The summed E-state index contributed by atoms with van der Waals surface area (Å²) >= 11 is 0. The van der Waals surface area contributed by atoms with Gasteiger partial charge in [-0.25, -0.2) is 13.2 Å². The quantitative estimate of drug-likeness (QED) is 0.772. The smallest absolute Gasteiger partial charge is 0.315 e. The number of sulfone groups is 1. The zero-order valence-corrected chi connectivity index (χ0v) is 14.4. The summed E-state index contributed by atoms with van der Waals surface area (Å²) in [5, 5.41) is 5.36. The molecule has 1 heterocycles. The minimum atomic E-state index is -2.98. The van der Waals surface area contributed by atoms with Crippen LogP contribution in [0.3, 0.4) is 0 Å². The van der Waals surface area contributed by atoms with Gasteiger partial charge in [0, 0.05) is 6.04 Å². The Balaban J connectivity index is 1.70. The molecule has 2 N–H and O–H groups in total. The number of hydrogen-bond acceptors (Lipinski definition) is 4. The first kappa shape index (κ1) is 17.6. The van der Waals surface area contributed by atoms with E-state index in [4.69, 9.17) is 4.74 Å². The summed E-state index contributed by atoms with van der Waals surface area (Å²) in [6.45, 7) is 4.92. The Bertz CT molecular complexity index is 643. The minimum Gasteiger partial charge on any atom is -0.491 e. The van der Waals surface area contributed by atoms with E-state index in [-0.39, 0.29) is 23.6 Å². The normalized spacial score (nSPS) is 19.5. The standard InChI is InChI=1S/C16H24N2O4S/c1-12(2)14-5-3-4-6-15(14)22-9-8-17-16(19)18-13-7-10-23(20,21)11-13/h3-6,12-13H,7-11H2,1-2H3,(H2,17,18,19)/t13-/m0/s1. The topological polar surface area (TPSA) is 84.5 Å². The Morgan fingerprint density at radius 3 is 2.74 bits per heavy atom. The van der Waals surface area contributed by atoms with Gasteiger partial charge in [-0.05, 0) is 24.0 Å². The highest BCUT2D eigenvalue weighted by Crippen LogP contribution is 2.25. The van der Waals surface area contributed by atoms with Crippen LogP contribution >= 0.6 is 0 Å². The number of benzene rings is 1. The van der Waals surface area contributed by atoms with E-state index in [1.54, 1.807) is 0 Å². The summed E-state index contributed by atoms with van der Waals surface area (Å²) in [6, 6.07) is 7.20. The van der Waals surface area contributed by atoms with Crippen molar-refractivity contribution >= 4 is 15.9 Å². The number of para-hydroxylation sites is 1. The molecule has 1 aromatic rings. The van der Waals surface area contributed by atoms with Gasteiger partial charge in [0.15, 0.2) is 9.84 Å².